The van der Waals surface area contributed by atoms with Gasteiger partial charge in [0.1, 0.15) is 5.25 Å². The minimum atomic E-state index is -0.597. The Hall–Kier alpha value is -3.17. The molecule has 1 aliphatic rings. The summed E-state index contributed by atoms with van der Waals surface area (Å²) in [4.78, 5) is 45.0. The summed E-state index contributed by atoms with van der Waals surface area (Å²) in [7, 11) is 4.71. The summed E-state index contributed by atoms with van der Waals surface area (Å²) in [6.45, 7) is 1.01. The third-order valence-electron chi connectivity index (χ3n) is 5.74. The van der Waals surface area contributed by atoms with Crippen LogP contribution in [0, 0.1) is 0 Å². The Balaban J connectivity index is 1.85. The Morgan fingerprint density at radius 1 is 1.24 bits per heavy atom. The van der Waals surface area contributed by atoms with Crippen LogP contribution in [0.3, 0.4) is 0 Å². The molecule has 34 heavy (non-hydrogen) atoms. The van der Waals surface area contributed by atoms with Crippen LogP contribution in [-0.4, -0.2) is 60.2 Å². The minimum absolute atomic E-state index is 0.0923. The number of likely N-dealkylation sites (N-methyl/N-ethyl adjacent to an activating group) is 1. The van der Waals surface area contributed by atoms with Crippen molar-refractivity contribution in [2.24, 2.45) is 0 Å². The van der Waals surface area contributed by atoms with Crippen molar-refractivity contribution in [3.05, 3.63) is 70.0 Å². The summed E-state index contributed by atoms with van der Waals surface area (Å²) >= 11 is 1.23. The van der Waals surface area contributed by atoms with Crippen LogP contribution in [-0.2, 0) is 20.8 Å². The molecule has 2 atom stereocenters. The molecule has 178 valence electrons. The quantitative estimate of drug-likeness (QED) is 0.291. The van der Waals surface area contributed by atoms with E-state index in [0.717, 1.165) is 18.4 Å². The van der Waals surface area contributed by atoms with Crippen molar-refractivity contribution < 1.29 is 19.1 Å². The molecule has 2 unspecified atom stereocenters. The summed E-state index contributed by atoms with van der Waals surface area (Å²) in [5.74, 6) is -0.621. The average Bonchev–Trinajstić information content (AvgIpc) is 3.37. The van der Waals surface area contributed by atoms with Crippen LogP contribution in [0.5, 0.6) is 0 Å². The maximum absolute atomic E-state index is 13.6. The maximum Gasteiger partial charge on any atom is 0.337 e. The van der Waals surface area contributed by atoms with Crippen LogP contribution in [0.4, 0.5) is 0 Å². The molecule has 0 bridgehead atoms. The van der Waals surface area contributed by atoms with Crippen LogP contribution in [0.2, 0.25) is 0 Å². The van der Waals surface area contributed by atoms with E-state index in [4.69, 9.17) is 14.5 Å². The first-order chi connectivity index (χ1) is 16.4. The monoisotopic (exact) mass is 481 g/mol. The molecule has 2 heterocycles. The molecule has 1 aromatic heterocycles. The van der Waals surface area contributed by atoms with E-state index in [-0.39, 0.29) is 17.6 Å². The van der Waals surface area contributed by atoms with E-state index in [2.05, 4.69) is 0 Å². The predicted octanol–water partition coefficient (Wildman–Crippen LogP) is 3.28. The van der Waals surface area contributed by atoms with Gasteiger partial charge in [-0.15, -0.1) is 0 Å². The van der Waals surface area contributed by atoms with Crippen LogP contribution in [0.15, 0.2) is 58.5 Å². The lowest BCUT2D eigenvalue weighted by molar-refractivity contribution is -0.128. The van der Waals surface area contributed by atoms with Gasteiger partial charge in [0.2, 0.25) is 5.91 Å². The molecular weight excluding hydrogens is 454 g/mol. The summed E-state index contributed by atoms with van der Waals surface area (Å²) in [5.41, 5.74) is 1.26. The highest BCUT2D eigenvalue weighted by molar-refractivity contribution is 8.00. The van der Waals surface area contributed by atoms with Gasteiger partial charge < -0.3 is 14.4 Å². The summed E-state index contributed by atoms with van der Waals surface area (Å²) < 4.78 is 12.2. The fourth-order valence-electron chi connectivity index (χ4n) is 3.92. The zero-order chi connectivity index (χ0) is 24.2. The standard InChI is InChI=1S/C25H27N3O5S/c1-27(2)23(30)21(16-8-5-4-6-9-16)34-25-26-20-14-17(24(31)32-3)11-12-19(20)22(29)28(25)15-18-10-7-13-33-18/h4-6,8-9,11-12,14,18,21H,7,10,13,15H2,1-3H3. The minimum Gasteiger partial charge on any atom is -0.465 e. The maximum atomic E-state index is 13.6. The molecule has 9 heteroatoms. The average molecular weight is 482 g/mol. The van der Waals surface area contributed by atoms with Crippen LogP contribution >= 0.6 is 11.8 Å². The summed E-state index contributed by atoms with van der Waals surface area (Å²) in [5, 5.41) is 0.198. The van der Waals surface area contributed by atoms with Gasteiger partial charge in [0.25, 0.3) is 5.56 Å². The molecule has 0 saturated carbocycles. The van der Waals surface area contributed by atoms with Gasteiger partial charge >= 0.3 is 5.97 Å². The molecule has 3 aromatic rings. The Labute approximate surface area is 201 Å². The summed E-state index contributed by atoms with van der Waals surface area (Å²) in [6.07, 6.45) is 1.71. The Morgan fingerprint density at radius 3 is 2.65 bits per heavy atom. The number of benzene rings is 2. The van der Waals surface area contributed by atoms with Crippen molar-refractivity contribution in [2.75, 3.05) is 27.8 Å². The highest BCUT2D eigenvalue weighted by Crippen LogP contribution is 2.36. The molecule has 0 N–H and O–H groups in total. The first-order valence-electron chi connectivity index (χ1n) is 11.1. The SMILES string of the molecule is COC(=O)c1ccc2c(=O)n(CC3CCCO3)c(SC(C(=O)N(C)C)c3ccccc3)nc2c1. The van der Waals surface area contributed by atoms with Crippen LogP contribution in [0.1, 0.15) is 34.0 Å². The second-order valence-electron chi connectivity index (χ2n) is 8.31. The van der Waals surface area contributed by atoms with E-state index < -0.39 is 11.2 Å². The predicted molar refractivity (Wildman–Crippen MR) is 130 cm³/mol. The number of hydrogen-bond donors (Lipinski definition) is 0. The van der Waals surface area contributed by atoms with Crippen molar-refractivity contribution in [3.8, 4) is 0 Å². The number of carbonyl (C=O) groups excluding carboxylic acids is 2. The first-order valence-corrected chi connectivity index (χ1v) is 11.9. The van der Waals surface area contributed by atoms with E-state index >= 15 is 0 Å². The molecule has 8 nitrogen and oxygen atoms in total. The van der Waals surface area contributed by atoms with Crippen molar-refractivity contribution >= 4 is 34.5 Å². The van der Waals surface area contributed by atoms with Gasteiger partial charge in [-0.1, -0.05) is 42.1 Å². The van der Waals surface area contributed by atoms with Gasteiger partial charge in [-0.3, -0.25) is 14.2 Å². The van der Waals surface area contributed by atoms with Gasteiger partial charge in [-0.25, -0.2) is 9.78 Å². The van der Waals surface area contributed by atoms with E-state index in [9.17, 15) is 14.4 Å². The number of methoxy groups -OCH3 is 1. The van der Waals surface area contributed by atoms with E-state index in [1.54, 1.807) is 36.9 Å². The lowest BCUT2D eigenvalue weighted by atomic mass is 10.1. The molecule has 0 spiro atoms. The van der Waals surface area contributed by atoms with Crippen LogP contribution < -0.4 is 5.56 Å². The Morgan fingerprint density at radius 2 is 2.00 bits per heavy atom. The smallest absolute Gasteiger partial charge is 0.337 e. The molecule has 1 saturated heterocycles. The molecule has 1 fully saturated rings. The zero-order valence-electron chi connectivity index (χ0n) is 19.4. The third kappa shape index (κ3) is 5.00. The number of rotatable bonds is 7. The first kappa shape index (κ1) is 24.0. The molecule has 1 aliphatic heterocycles. The number of carbonyl (C=O) groups is 2. The fraction of sp³-hybridized carbons (Fsp3) is 0.360. The normalized spacial score (nSPS) is 16.4. The molecule has 0 radical (unpaired) electrons. The number of fused-ring (bicyclic) bond motifs is 1. The van der Waals surface area contributed by atoms with Gasteiger partial charge in [0, 0.05) is 20.7 Å². The van der Waals surface area contributed by atoms with E-state index in [1.807, 2.05) is 30.3 Å². The van der Waals surface area contributed by atoms with Gasteiger partial charge in [-0.2, -0.15) is 0 Å². The zero-order valence-corrected chi connectivity index (χ0v) is 20.2. The second kappa shape index (κ2) is 10.4. The highest BCUT2D eigenvalue weighted by Gasteiger charge is 2.28. The Bertz CT molecular complexity index is 1250. The highest BCUT2D eigenvalue weighted by atomic mass is 32.2. The molecule has 0 aliphatic carbocycles. The number of esters is 1. The van der Waals surface area contributed by atoms with Crippen LogP contribution in [0.25, 0.3) is 10.9 Å². The van der Waals surface area contributed by atoms with Gasteiger partial charge in [-0.05, 0) is 36.6 Å². The van der Waals surface area contributed by atoms with Crippen molar-refractivity contribution in [3.63, 3.8) is 0 Å². The van der Waals surface area contributed by atoms with E-state index in [0.29, 0.717) is 34.8 Å². The Kier molecular flexibility index (Phi) is 7.33. The summed E-state index contributed by atoms with van der Waals surface area (Å²) in [6, 6.07) is 14.1. The van der Waals surface area contributed by atoms with Crippen molar-refractivity contribution in [2.45, 2.75) is 35.9 Å². The van der Waals surface area contributed by atoms with Gasteiger partial charge in [0.05, 0.1) is 36.2 Å². The lowest BCUT2D eigenvalue weighted by Gasteiger charge is -2.23. The fourth-order valence-corrected chi connectivity index (χ4v) is 5.17. The number of hydrogen-bond acceptors (Lipinski definition) is 7. The number of ether oxygens (including phenoxy) is 2. The topological polar surface area (TPSA) is 90.7 Å². The van der Waals surface area contributed by atoms with Crippen molar-refractivity contribution in [1.29, 1.82) is 0 Å². The molecular formula is C25H27N3O5S. The largest absolute Gasteiger partial charge is 0.465 e. The lowest BCUT2D eigenvalue weighted by Crippen LogP contribution is -2.31. The number of nitrogens with zero attached hydrogens (tertiary/aromatic N) is 3. The molecule has 4 rings (SSSR count). The van der Waals surface area contributed by atoms with Gasteiger partial charge in [0.15, 0.2) is 5.16 Å². The molecule has 2 aromatic carbocycles. The number of aromatic nitrogens is 2. The number of thioether (sulfide) groups is 1. The number of amides is 1. The molecule has 1 amide bonds. The van der Waals surface area contributed by atoms with E-state index in [1.165, 1.54) is 23.8 Å². The van der Waals surface area contributed by atoms with Crippen molar-refractivity contribution in [1.82, 2.24) is 14.5 Å². The second-order valence-corrected chi connectivity index (χ2v) is 9.38. The third-order valence-corrected chi connectivity index (χ3v) is 6.97.